The van der Waals surface area contributed by atoms with Crippen LogP contribution in [0.5, 0.6) is 0 Å². The van der Waals surface area contributed by atoms with Crippen LogP contribution in [-0.4, -0.2) is 48.5 Å². The quantitative estimate of drug-likeness (QED) is 0.442. The Morgan fingerprint density at radius 2 is 1.85 bits per heavy atom. The van der Waals surface area contributed by atoms with E-state index in [0.29, 0.717) is 24.2 Å². The molecule has 6 nitrogen and oxygen atoms in total. The number of carbonyl (C=O) groups is 1. The van der Waals surface area contributed by atoms with E-state index in [0.717, 1.165) is 28.1 Å². The van der Waals surface area contributed by atoms with Gasteiger partial charge in [0.25, 0.3) is 0 Å². The van der Waals surface area contributed by atoms with Crippen LogP contribution in [0.3, 0.4) is 0 Å². The standard InChI is InChI=1S/C20H21N3O3/c24-9-7-21-15-5-6-16-18-14(11-17(23-16)22-8-10-25)12-3-1-2-4-13(12)20(26)19(15)18/h1-6,11,17,21-25H,7-10H2/p+1/t17-/m1/s1. The van der Waals surface area contributed by atoms with E-state index in [4.69, 9.17) is 10.2 Å². The lowest BCUT2D eigenvalue weighted by atomic mass is 9.78. The number of hydrogen-bond donors (Lipinski definition) is 5. The van der Waals surface area contributed by atoms with Crippen LogP contribution in [0.1, 0.15) is 27.0 Å². The summed E-state index contributed by atoms with van der Waals surface area (Å²) >= 11 is 0. The topological polar surface area (TPSA) is 98.2 Å². The number of hydrogen-bond acceptors (Lipinski definition) is 5. The molecule has 26 heavy (non-hydrogen) atoms. The average Bonchev–Trinajstić information content (AvgIpc) is 2.68. The van der Waals surface area contributed by atoms with Gasteiger partial charge < -0.3 is 26.2 Å². The van der Waals surface area contributed by atoms with Crippen LogP contribution in [0.15, 0.2) is 42.5 Å². The molecule has 0 aromatic heterocycles. The zero-order valence-corrected chi connectivity index (χ0v) is 14.3. The highest BCUT2D eigenvalue weighted by atomic mass is 16.3. The molecule has 2 aromatic carbocycles. The number of nitrogens with two attached hydrogens (primary N) is 1. The Bertz CT molecular complexity index is 892. The second-order valence-electron chi connectivity index (χ2n) is 6.43. The largest absolute Gasteiger partial charge is 0.395 e. The molecule has 0 fully saturated rings. The first-order chi connectivity index (χ1) is 12.7. The molecule has 0 saturated carbocycles. The first kappa shape index (κ1) is 16.8. The summed E-state index contributed by atoms with van der Waals surface area (Å²) in [5.41, 5.74) is 5.87. The lowest BCUT2D eigenvalue weighted by molar-refractivity contribution is -0.674. The fraction of sp³-hybridized carbons (Fsp3) is 0.250. The molecule has 1 atom stereocenters. The van der Waals surface area contributed by atoms with Gasteiger partial charge in [-0.2, -0.15) is 0 Å². The molecule has 2 aromatic rings. The van der Waals surface area contributed by atoms with E-state index in [1.54, 1.807) is 0 Å². The van der Waals surface area contributed by atoms with Crippen molar-refractivity contribution < 1.29 is 20.3 Å². The van der Waals surface area contributed by atoms with Crippen molar-refractivity contribution in [1.82, 2.24) is 0 Å². The van der Waals surface area contributed by atoms with Crippen molar-refractivity contribution >= 4 is 22.7 Å². The van der Waals surface area contributed by atoms with Gasteiger partial charge in [-0.05, 0) is 23.3 Å². The van der Waals surface area contributed by atoms with E-state index in [-0.39, 0.29) is 25.2 Å². The number of rotatable bonds is 6. The van der Waals surface area contributed by atoms with Gasteiger partial charge >= 0.3 is 0 Å². The third kappa shape index (κ3) is 2.68. The summed E-state index contributed by atoms with van der Waals surface area (Å²) < 4.78 is 0. The first-order valence-corrected chi connectivity index (χ1v) is 8.83. The minimum Gasteiger partial charge on any atom is -0.395 e. The second-order valence-corrected chi connectivity index (χ2v) is 6.43. The van der Waals surface area contributed by atoms with Crippen molar-refractivity contribution in [1.29, 1.82) is 0 Å². The first-order valence-electron chi connectivity index (χ1n) is 8.83. The van der Waals surface area contributed by atoms with E-state index in [1.165, 1.54) is 0 Å². The lowest BCUT2D eigenvalue weighted by Crippen LogP contribution is -2.92. The van der Waals surface area contributed by atoms with Crippen molar-refractivity contribution in [3.8, 4) is 0 Å². The monoisotopic (exact) mass is 352 g/mol. The highest BCUT2D eigenvalue weighted by molar-refractivity contribution is 6.23. The number of benzene rings is 2. The smallest absolute Gasteiger partial charge is 0.196 e. The minimum absolute atomic E-state index is 0.000439. The molecular weight excluding hydrogens is 330 g/mol. The van der Waals surface area contributed by atoms with Crippen LogP contribution in [0.2, 0.25) is 0 Å². The van der Waals surface area contributed by atoms with E-state index in [2.05, 4.69) is 16.7 Å². The Morgan fingerprint density at radius 1 is 1.04 bits per heavy atom. The third-order valence-corrected chi connectivity index (χ3v) is 4.81. The fourth-order valence-corrected chi connectivity index (χ4v) is 3.72. The maximum Gasteiger partial charge on any atom is 0.196 e. The highest BCUT2D eigenvalue weighted by Crippen LogP contribution is 2.44. The zero-order chi connectivity index (χ0) is 18.1. The van der Waals surface area contributed by atoms with Crippen LogP contribution in [0, 0.1) is 0 Å². The minimum atomic E-state index is -0.00497. The van der Waals surface area contributed by atoms with Crippen LogP contribution in [0.4, 0.5) is 11.4 Å². The Labute approximate surface area is 151 Å². The summed E-state index contributed by atoms with van der Waals surface area (Å²) in [5.74, 6) is -0.00497. The molecule has 6 heteroatoms. The molecule has 0 saturated heterocycles. The molecule has 0 unspecified atom stereocenters. The number of aliphatic hydroxyl groups is 2. The summed E-state index contributed by atoms with van der Waals surface area (Å²) in [6.07, 6.45) is 2.11. The number of quaternary nitrogens is 1. The van der Waals surface area contributed by atoms with Gasteiger partial charge in [0.15, 0.2) is 11.9 Å². The molecule has 134 valence electrons. The van der Waals surface area contributed by atoms with Crippen LogP contribution in [0.25, 0.3) is 5.57 Å². The molecule has 1 aliphatic carbocycles. The number of ketones is 1. The SMILES string of the molecule is O=C1c2ccccc2C2=C[C@H]([NH2+]CCO)Nc3ccc(NCCO)c1c32. The van der Waals surface area contributed by atoms with Crippen LogP contribution >= 0.6 is 0 Å². The Morgan fingerprint density at radius 3 is 2.62 bits per heavy atom. The predicted molar refractivity (Wildman–Crippen MR) is 100 cm³/mol. The van der Waals surface area contributed by atoms with Gasteiger partial charge in [0, 0.05) is 35.1 Å². The molecule has 6 N–H and O–H groups in total. The summed E-state index contributed by atoms with van der Waals surface area (Å²) in [7, 11) is 0. The summed E-state index contributed by atoms with van der Waals surface area (Å²) in [5, 5.41) is 26.9. The van der Waals surface area contributed by atoms with Crippen molar-refractivity contribution in [2.24, 2.45) is 0 Å². The molecule has 0 amide bonds. The second kappa shape index (κ2) is 6.92. The Hall–Kier alpha value is -2.67. The lowest BCUT2D eigenvalue weighted by Gasteiger charge is -2.31. The van der Waals surface area contributed by atoms with Crippen LogP contribution in [-0.2, 0) is 0 Å². The molecule has 0 bridgehead atoms. The van der Waals surface area contributed by atoms with E-state index in [1.807, 2.05) is 41.7 Å². The van der Waals surface area contributed by atoms with E-state index < -0.39 is 0 Å². The van der Waals surface area contributed by atoms with Crippen molar-refractivity contribution in [3.63, 3.8) is 0 Å². The van der Waals surface area contributed by atoms with Gasteiger partial charge in [0.2, 0.25) is 0 Å². The molecule has 0 spiro atoms. The molecule has 1 heterocycles. The fourth-order valence-electron chi connectivity index (χ4n) is 3.72. The normalized spacial score (nSPS) is 17.1. The van der Waals surface area contributed by atoms with Crippen molar-refractivity contribution in [3.05, 3.63) is 64.7 Å². The summed E-state index contributed by atoms with van der Waals surface area (Å²) in [4.78, 5) is 13.2. The molecule has 1 aliphatic heterocycles. The maximum absolute atomic E-state index is 13.2. The van der Waals surface area contributed by atoms with Crippen molar-refractivity contribution in [2.75, 3.05) is 36.9 Å². The number of nitrogens with one attached hydrogen (secondary N) is 2. The summed E-state index contributed by atoms with van der Waals surface area (Å²) in [6.45, 7) is 1.10. The zero-order valence-electron chi connectivity index (χ0n) is 14.3. The van der Waals surface area contributed by atoms with Gasteiger partial charge in [0.1, 0.15) is 6.54 Å². The third-order valence-electron chi connectivity index (χ3n) is 4.81. The predicted octanol–water partition coefficient (Wildman–Crippen LogP) is 0.374. The van der Waals surface area contributed by atoms with E-state index >= 15 is 0 Å². The Balaban J connectivity index is 1.89. The van der Waals surface area contributed by atoms with Crippen LogP contribution < -0.4 is 16.0 Å². The molecule has 0 radical (unpaired) electrons. The number of aliphatic hydroxyl groups excluding tert-OH is 2. The number of fused-ring (bicyclic) bond motifs is 2. The number of anilines is 2. The average molecular weight is 352 g/mol. The molecular formula is C20H22N3O3+. The maximum atomic E-state index is 13.2. The molecule has 2 aliphatic rings. The van der Waals surface area contributed by atoms with Gasteiger partial charge in [0.05, 0.1) is 18.8 Å². The number of carbonyl (C=O) groups excluding carboxylic acids is 1. The van der Waals surface area contributed by atoms with Gasteiger partial charge in [-0.3, -0.25) is 4.79 Å². The summed E-state index contributed by atoms with van der Waals surface area (Å²) in [6, 6.07) is 11.5. The van der Waals surface area contributed by atoms with E-state index in [9.17, 15) is 4.79 Å². The highest BCUT2D eigenvalue weighted by Gasteiger charge is 2.34. The Kier molecular flexibility index (Phi) is 4.46. The van der Waals surface area contributed by atoms with Gasteiger partial charge in [-0.1, -0.05) is 24.3 Å². The van der Waals surface area contributed by atoms with Gasteiger partial charge in [-0.15, -0.1) is 0 Å². The van der Waals surface area contributed by atoms with Gasteiger partial charge in [-0.25, -0.2) is 0 Å². The molecule has 4 rings (SSSR count). The van der Waals surface area contributed by atoms with Crippen molar-refractivity contribution in [2.45, 2.75) is 6.17 Å².